The third kappa shape index (κ3) is 8.91. The van der Waals surface area contributed by atoms with Crippen LogP contribution in [0.2, 0.25) is 0 Å². The van der Waals surface area contributed by atoms with E-state index < -0.39 is 0 Å². The van der Waals surface area contributed by atoms with Gasteiger partial charge in [-0.3, -0.25) is 0 Å². The highest BCUT2D eigenvalue weighted by atomic mass is 15.1. The Bertz CT molecular complexity index is 265. The molecule has 1 nitrogen and oxygen atoms in total. The van der Waals surface area contributed by atoms with Gasteiger partial charge in [0.05, 0.1) is 0 Å². The lowest BCUT2D eigenvalue weighted by molar-refractivity contribution is 0.383. The van der Waals surface area contributed by atoms with Crippen molar-refractivity contribution in [2.75, 3.05) is 13.1 Å². The lowest BCUT2D eigenvalue weighted by Gasteiger charge is -2.23. The van der Waals surface area contributed by atoms with Crippen molar-refractivity contribution in [1.29, 1.82) is 0 Å². The Morgan fingerprint density at radius 3 is 2.05 bits per heavy atom. The minimum Gasteiger partial charge on any atom is -0.373 e. The summed E-state index contributed by atoms with van der Waals surface area (Å²) < 4.78 is 0. The van der Waals surface area contributed by atoms with Crippen LogP contribution in [0.5, 0.6) is 0 Å². The fourth-order valence-corrected chi connectivity index (χ4v) is 2.71. The smallest absolute Gasteiger partial charge is 0.0383 e. The highest BCUT2D eigenvalue weighted by Crippen LogP contribution is 2.12. The topological polar surface area (TPSA) is 3.24 Å². The summed E-state index contributed by atoms with van der Waals surface area (Å²) in [6, 6.07) is 0. The number of unbranched alkanes of at least 4 members (excludes halogenated alkanes) is 9. The number of nitrogens with zero attached hydrogens (tertiary/aromatic N) is 1. The maximum Gasteiger partial charge on any atom is 0.0383 e. The Kier molecular flexibility index (Phi) is 9.57. The zero-order chi connectivity index (χ0) is 13.8. The molecule has 0 radical (unpaired) electrons. The van der Waals surface area contributed by atoms with E-state index in [4.69, 9.17) is 0 Å². The molecule has 1 heterocycles. The molecule has 19 heavy (non-hydrogen) atoms. The molecule has 0 amide bonds. The Balaban J connectivity index is 1.81. The van der Waals surface area contributed by atoms with Gasteiger partial charge >= 0.3 is 0 Å². The van der Waals surface area contributed by atoms with Crippen LogP contribution in [0.4, 0.5) is 0 Å². The number of hydrogen-bond acceptors (Lipinski definition) is 1. The van der Waals surface area contributed by atoms with Crippen LogP contribution in [-0.2, 0) is 0 Å². The van der Waals surface area contributed by atoms with Gasteiger partial charge in [0.2, 0.25) is 0 Å². The zero-order valence-electron chi connectivity index (χ0n) is 13.2. The lowest BCUT2D eigenvalue weighted by Crippen LogP contribution is -2.22. The number of rotatable bonds is 11. The molecule has 110 valence electrons. The third-order valence-electron chi connectivity index (χ3n) is 3.93. The first-order chi connectivity index (χ1) is 9.33. The standard InChI is InChI=1S/C18H33N/c1-3-4-5-6-7-8-9-10-11-12-15-19-16-13-14-18(2)17-19/h13-14,16H,3-12,15,17H2,1-2H3. The van der Waals surface area contributed by atoms with Crippen LogP contribution >= 0.6 is 0 Å². The summed E-state index contributed by atoms with van der Waals surface area (Å²) in [5.74, 6) is 0. The van der Waals surface area contributed by atoms with E-state index in [1.807, 2.05) is 0 Å². The average molecular weight is 263 g/mol. The Morgan fingerprint density at radius 1 is 0.895 bits per heavy atom. The second kappa shape index (κ2) is 11.1. The van der Waals surface area contributed by atoms with Crippen LogP contribution in [-0.4, -0.2) is 18.0 Å². The van der Waals surface area contributed by atoms with Crippen molar-refractivity contribution in [2.45, 2.75) is 78.1 Å². The van der Waals surface area contributed by atoms with Crippen molar-refractivity contribution in [2.24, 2.45) is 0 Å². The van der Waals surface area contributed by atoms with E-state index in [0.29, 0.717) is 0 Å². The first-order valence-corrected chi connectivity index (χ1v) is 8.41. The Hall–Kier alpha value is -0.720. The molecule has 1 aliphatic heterocycles. The van der Waals surface area contributed by atoms with Gasteiger partial charge in [-0.05, 0) is 25.6 Å². The van der Waals surface area contributed by atoms with Crippen LogP contribution in [0.3, 0.4) is 0 Å². The van der Waals surface area contributed by atoms with E-state index in [0.717, 1.165) is 6.54 Å². The normalized spacial score (nSPS) is 14.8. The molecule has 1 rings (SSSR count). The van der Waals surface area contributed by atoms with Crippen LogP contribution in [0.1, 0.15) is 78.1 Å². The fourth-order valence-electron chi connectivity index (χ4n) is 2.71. The quantitative estimate of drug-likeness (QED) is 0.433. The lowest BCUT2D eigenvalue weighted by atomic mass is 10.1. The van der Waals surface area contributed by atoms with Gasteiger partial charge in [0.25, 0.3) is 0 Å². The minimum absolute atomic E-state index is 1.13. The third-order valence-corrected chi connectivity index (χ3v) is 3.93. The van der Waals surface area contributed by atoms with Crippen molar-refractivity contribution in [1.82, 2.24) is 4.90 Å². The van der Waals surface area contributed by atoms with Crippen molar-refractivity contribution < 1.29 is 0 Å². The van der Waals surface area contributed by atoms with Gasteiger partial charge in [0.15, 0.2) is 0 Å². The molecular formula is C18H33N. The van der Waals surface area contributed by atoms with E-state index >= 15 is 0 Å². The second-order valence-corrected chi connectivity index (χ2v) is 6.01. The first-order valence-electron chi connectivity index (χ1n) is 8.41. The fraction of sp³-hybridized carbons (Fsp3) is 0.778. The molecule has 0 aromatic heterocycles. The van der Waals surface area contributed by atoms with Gasteiger partial charge in [0.1, 0.15) is 0 Å². The summed E-state index contributed by atoms with van der Waals surface area (Å²) in [5, 5.41) is 0. The van der Waals surface area contributed by atoms with Crippen LogP contribution < -0.4 is 0 Å². The summed E-state index contributed by atoms with van der Waals surface area (Å²) in [5.41, 5.74) is 1.48. The van der Waals surface area contributed by atoms with Crippen LogP contribution in [0.15, 0.2) is 23.9 Å². The molecule has 0 spiro atoms. The van der Waals surface area contributed by atoms with Gasteiger partial charge in [-0.2, -0.15) is 0 Å². The minimum atomic E-state index is 1.13. The molecule has 0 atom stereocenters. The molecular weight excluding hydrogens is 230 g/mol. The molecule has 0 fully saturated rings. The summed E-state index contributed by atoms with van der Waals surface area (Å²) >= 11 is 0. The van der Waals surface area contributed by atoms with Gasteiger partial charge in [-0.1, -0.05) is 76.4 Å². The van der Waals surface area contributed by atoms with Gasteiger partial charge in [-0.25, -0.2) is 0 Å². The zero-order valence-corrected chi connectivity index (χ0v) is 13.2. The molecule has 0 unspecified atom stereocenters. The van der Waals surface area contributed by atoms with Gasteiger partial charge in [0, 0.05) is 13.1 Å². The molecule has 0 saturated carbocycles. The molecule has 0 aliphatic carbocycles. The van der Waals surface area contributed by atoms with Gasteiger partial charge in [-0.15, -0.1) is 0 Å². The summed E-state index contributed by atoms with van der Waals surface area (Å²) in [6.07, 6.45) is 20.9. The molecule has 1 heteroatoms. The molecule has 0 N–H and O–H groups in total. The Morgan fingerprint density at radius 2 is 1.47 bits per heavy atom. The van der Waals surface area contributed by atoms with E-state index in [-0.39, 0.29) is 0 Å². The average Bonchev–Trinajstić information content (AvgIpc) is 2.41. The number of hydrogen-bond donors (Lipinski definition) is 0. The molecule has 1 aliphatic rings. The van der Waals surface area contributed by atoms with Crippen molar-refractivity contribution >= 4 is 0 Å². The molecule has 0 aromatic rings. The van der Waals surface area contributed by atoms with E-state index in [2.05, 4.69) is 37.1 Å². The molecule has 0 saturated heterocycles. The largest absolute Gasteiger partial charge is 0.373 e. The second-order valence-electron chi connectivity index (χ2n) is 6.01. The van der Waals surface area contributed by atoms with Crippen molar-refractivity contribution in [3.63, 3.8) is 0 Å². The number of allylic oxidation sites excluding steroid dienone is 2. The maximum atomic E-state index is 2.44. The Labute approximate surface area is 120 Å². The molecule has 0 bridgehead atoms. The molecule has 0 aromatic carbocycles. The summed E-state index contributed by atoms with van der Waals surface area (Å²) in [7, 11) is 0. The summed E-state index contributed by atoms with van der Waals surface area (Å²) in [4.78, 5) is 2.44. The van der Waals surface area contributed by atoms with Crippen LogP contribution in [0, 0.1) is 0 Å². The predicted molar refractivity (Wildman–Crippen MR) is 86.3 cm³/mol. The van der Waals surface area contributed by atoms with E-state index in [1.165, 1.54) is 76.3 Å². The monoisotopic (exact) mass is 263 g/mol. The van der Waals surface area contributed by atoms with E-state index in [9.17, 15) is 0 Å². The van der Waals surface area contributed by atoms with Crippen molar-refractivity contribution in [3.8, 4) is 0 Å². The van der Waals surface area contributed by atoms with Gasteiger partial charge < -0.3 is 4.90 Å². The summed E-state index contributed by atoms with van der Waals surface area (Å²) in [6.45, 7) is 6.87. The highest BCUT2D eigenvalue weighted by Gasteiger charge is 2.03. The SMILES string of the molecule is CCCCCCCCCCCCN1C=CC=C(C)C1. The van der Waals surface area contributed by atoms with Crippen LogP contribution in [0.25, 0.3) is 0 Å². The van der Waals surface area contributed by atoms with E-state index in [1.54, 1.807) is 0 Å². The maximum absolute atomic E-state index is 2.44. The van der Waals surface area contributed by atoms with Crippen molar-refractivity contribution in [3.05, 3.63) is 23.9 Å². The highest BCUT2D eigenvalue weighted by molar-refractivity contribution is 5.16. The predicted octanol–water partition coefficient (Wildman–Crippen LogP) is 5.68. The first kappa shape index (κ1) is 16.3.